The average Bonchev–Trinajstić information content (AvgIpc) is 2.69. The number of rotatable bonds is 3. The Morgan fingerprint density at radius 2 is 2.47 bits per heavy atom. The van der Waals surface area contributed by atoms with E-state index < -0.39 is 0 Å². The number of pyridine rings is 1. The maximum atomic E-state index is 6.09. The molecule has 1 aromatic heterocycles. The number of hydrogen-bond acceptors (Lipinski definition) is 2. The van der Waals surface area contributed by atoms with Gasteiger partial charge in [-0.2, -0.15) is 0 Å². The molecule has 2 heterocycles. The summed E-state index contributed by atoms with van der Waals surface area (Å²) in [5.41, 5.74) is 1.18. The van der Waals surface area contributed by atoms with Crippen molar-refractivity contribution < 1.29 is 0 Å². The van der Waals surface area contributed by atoms with Crippen molar-refractivity contribution in [2.45, 2.75) is 25.4 Å². The molecule has 1 unspecified atom stereocenters. The van der Waals surface area contributed by atoms with Crippen molar-refractivity contribution in [2.75, 3.05) is 11.9 Å². The second kappa shape index (κ2) is 5.28. The molecule has 15 heavy (non-hydrogen) atoms. The molecule has 2 nitrogen and oxygen atoms in total. The first kappa shape index (κ1) is 11.4. The predicted octanol–water partition coefficient (Wildman–Crippen LogP) is 3.09. The summed E-state index contributed by atoms with van der Waals surface area (Å²) in [7, 11) is 0. The molecule has 1 saturated heterocycles. The Balaban J connectivity index is 2.05. The molecule has 1 aromatic rings. The third-order valence-corrected chi connectivity index (χ3v) is 3.99. The zero-order chi connectivity index (χ0) is 10.7. The van der Waals surface area contributed by atoms with Gasteiger partial charge in [0.15, 0.2) is 0 Å². The van der Waals surface area contributed by atoms with Crippen molar-refractivity contribution in [3.63, 3.8) is 0 Å². The van der Waals surface area contributed by atoms with Gasteiger partial charge in [0.2, 0.25) is 0 Å². The van der Waals surface area contributed by atoms with Gasteiger partial charge in [0, 0.05) is 30.3 Å². The van der Waals surface area contributed by atoms with Crippen LogP contribution >= 0.6 is 27.5 Å². The number of nitrogens with zero attached hydrogens (tertiary/aromatic N) is 2. The van der Waals surface area contributed by atoms with E-state index in [1.165, 1.54) is 24.9 Å². The lowest BCUT2D eigenvalue weighted by Gasteiger charge is -2.22. The molecule has 1 aliphatic heterocycles. The maximum absolute atomic E-state index is 6.09. The number of halogens is 2. The highest BCUT2D eigenvalue weighted by Crippen LogP contribution is 2.23. The van der Waals surface area contributed by atoms with E-state index in [1.807, 2.05) is 6.07 Å². The number of aromatic nitrogens is 1. The molecule has 1 aliphatic rings. The molecule has 0 radical (unpaired) electrons. The largest absolute Gasteiger partial charge is 0.295 e. The van der Waals surface area contributed by atoms with Crippen LogP contribution in [0.3, 0.4) is 0 Å². The van der Waals surface area contributed by atoms with Crippen molar-refractivity contribution in [3.05, 3.63) is 29.0 Å². The summed E-state index contributed by atoms with van der Waals surface area (Å²) in [4.78, 5) is 6.48. The van der Waals surface area contributed by atoms with Crippen LogP contribution in [0, 0.1) is 0 Å². The molecule has 1 fully saturated rings. The van der Waals surface area contributed by atoms with Crippen LogP contribution < -0.4 is 0 Å². The van der Waals surface area contributed by atoms with Crippen LogP contribution in [0.2, 0.25) is 5.02 Å². The van der Waals surface area contributed by atoms with Crippen LogP contribution in [0.15, 0.2) is 18.5 Å². The van der Waals surface area contributed by atoms with E-state index in [0.29, 0.717) is 6.04 Å². The van der Waals surface area contributed by atoms with Crippen molar-refractivity contribution in [2.24, 2.45) is 0 Å². The first-order chi connectivity index (χ1) is 7.31. The normalized spacial score (nSPS) is 22.1. The molecule has 0 aliphatic carbocycles. The highest BCUT2D eigenvalue weighted by atomic mass is 79.9. The summed E-state index contributed by atoms with van der Waals surface area (Å²) in [5, 5.41) is 1.83. The Morgan fingerprint density at radius 1 is 1.60 bits per heavy atom. The molecule has 4 heteroatoms. The van der Waals surface area contributed by atoms with E-state index in [-0.39, 0.29) is 0 Å². The Kier molecular flexibility index (Phi) is 4.00. The van der Waals surface area contributed by atoms with Gasteiger partial charge in [-0.25, -0.2) is 0 Å². The molecule has 82 valence electrons. The summed E-state index contributed by atoms with van der Waals surface area (Å²) >= 11 is 9.65. The Labute approximate surface area is 104 Å². The average molecular weight is 290 g/mol. The first-order valence-corrected chi connectivity index (χ1v) is 6.69. The SMILES string of the molecule is Clc1cnccc1CN1CCCC1CBr. The van der Waals surface area contributed by atoms with E-state index >= 15 is 0 Å². The van der Waals surface area contributed by atoms with Crippen molar-refractivity contribution in [3.8, 4) is 0 Å². The van der Waals surface area contributed by atoms with Crippen LogP contribution in [0.1, 0.15) is 18.4 Å². The zero-order valence-electron chi connectivity index (χ0n) is 8.50. The minimum absolute atomic E-state index is 0.661. The van der Waals surface area contributed by atoms with Gasteiger partial charge >= 0.3 is 0 Å². The van der Waals surface area contributed by atoms with E-state index in [0.717, 1.165) is 16.9 Å². The zero-order valence-corrected chi connectivity index (χ0v) is 10.8. The lowest BCUT2D eigenvalue weighted by Crippen LogP contribution is -2.30. The fourth-order valence-corrected chi connectivity index (χ4v) is 2.94. The van der Waals surface area contributed by atoms with Crippen LogP contribution in [0.5, 0.6) is 0 Å². The molecule has 0 bridgehead atoms. The summed E-state index contributed by atoms with van der Waals surface area (Å²) in [6.45, 7) is 2.12. The van der Waals surface area contributed by atoms with Gasteiger partial charge in [0.1, 0.15) is 0 Å². The van der Waals surface area contributed by atoms with E-state index in [2.05, 4.69) is 25.8 Å². The number of alkyl halides is 1. The fraction of sp³-hybridized carbons (Fsp3) is 0.545. The fourth-order valence-electron chi connectivity index (χ4n) is 2.03. The summed E-state index contributed by atoms with van der Waals surface area (Å²) in [5.74, 6) is 0. The number of hydrogen-bond donors (Lipinski definition) is 0. The minimum Gasteiger partial charge on any atom is -0.295 e. The van der Waals surface area contributed by atoms with E-state index in [4.69, 9.17) is 11.6 Å². The quantitative estimate of drug-likeness (QED) is 0.795. The lowest BCUT2D eigenvalue weighted by atomic mass is 10.2. The maximum Gasteiger partial charge on any atom is 0.0634 e. The van der Waals surface area contributed by atoms with Crippen LogP contribution in [-0.2, 0) is 6.54 Å². The molecular formula is C11H14BrClN2. The standard InChI is InChI=1S/C11H14BrClN2/c12-6-10-2-1-5-15(10)8-9-3-4-14-7-11(9)13/h3-4,7,10H,1-2,5-6,8H2. The molecule has 0 spiro atoms. The van der Waals surface area contributed by atoms with Crippen molar-refractivity contribution in [1.29, 1.82) is 0 Å². The Hall–Kier alpha value is -0.120. The second-order valence-corrected chi connectivity index (χ2v) is 4.94. The topological polar surface area (TPSA) is 16.1 Å². The third-order valence-electron chi connectivity index (χ3n) is 2.91. The van der Waals surface area contributed by atoms with Gasteiger partial charge in [-0.3, -0.25) is 9.88 Å². The van der Waals surface area contributed by atoms with Crippen molar-refractivity contribution >= 4 is 27.5 Å². The third kappa shape index (κ3) is 2.71. The minimum atomic E-state index is 0.661. The van der Waals surface area contributed by atoms with Gasteiger partial charge < -0.3 is 0 Å². The lowest BCUT2D eigenvalue weighted by molar-refractivity contribution is 0.265. The van der Waals surface area contributed by atoms with E-state index in [1.54, 1.807) is 12.4 Å². The molecule has 1 atom stereocenters. The van der Waals surface area contributed by atoms with Gasteiger partial charge in [0.25, 0.3) is 0 Å². The molecule has 0 saturated carbocycles. The second-order valence-electron chi connectivity index (χ2n) is 3.89. The van der Waals surface area contributed by atoms with Gasteiger partial charge in [-0.05, 0) is 31.0 Å². The van der Waals surface area contributed by atoms with Crippen LogP contribution in [-0.4, -0.2) is 27.8 Å². The van der Waals surface area contributed by atoms with Crippen LogP contribution in [0.4, 0.5) is 0 Å². The summed E-state index contributed by atoms with van der Waals surface area (Å²) in [6.07, 6.45) is 6.10. The molecule has 0 amide bonds. The number of likely N-dealkylation sites (tertiary alicyclic amines) is 1. The van der Waals surface area contributed by atoms with Crippen LogP contribution in [0.25, 0.3) is 0 Å². The first-order valence-electron chi connectivity index (χ1n) is 5.19. The monoisotopic (exact) mass is 288 g/mol. The summed E-state index contributed by atoms with van der Waals surface area (Å²) in [6, 6.07) is 2.67. The van der Waals surface area contributed by atoms with Gasteiger partial charge in [0.05, 0.1) is 5.02 Å². The molecule has 0 aromatic carbocycles. The van der Waals surface area contributed by atoms with Crippen molar-refractivity contribution in [1.82, 2.24) is 9.88 Å². The van der Waals surface area contributed by atoms with Gasteiger partial charge in [-0.15, -0.1) is 0 Å². The summed E-state index contributed by atoms with van der Waals surface area (Å²) < 4.78 is 0. The highest BCUT2D eigenvalue weighted by Gasteiger charge is 2.23. The molecular weight excluding hydrogens is 275 g/mol. The smallest absolute Gasteiger partial charge is 0.0634 e. The Morgan fingerprint density at radius 3 is 3.20 bits per heavy atom. The highest BCUT2D eigenvalue weighted by molar-refractivity contribution is 9.09. The Bertz CT molecular complexity index is 332. The molecule has 0 N–H and O–H groups in total. The van der Waals surface area contributed by atoms with E-state index in [9.17, 15) is 0 Å². The van der Waals surface area contributed by atoms with Gasteiger partial charge in [-0.1, -0.05) is 27.5 Å². The predicted molar refractivity (Wildman–Crippen MR) is 66.5 cm³/mol. The molecule has 2 rings (SSSR count).